The molecule has 0 spiro atoms. The number of carbonyl (C=O) groups excluding carboxylic acids is 1. The summed E-state index contributed by atoms with van der Waals surface area (Å²) in [4.78, 5) is 20.1. The Morgan fingerprint density at radius 2 is 2.20 bits per heavy atom. The van der Waals surface area contributed by atoms with Crippen LogP contribution in [0, 0.1) is 5.82 Å². The second-order valence-electron chi connectivity index (χ2n) is 4.15. The second-order valence-corrected chi connectivity index (χ2v) is 4.15. The smallest absolute Gasteiger partial charge is 0.260 e. The van der Waals surface area contributed by atoms with Gasteiger partial charge in [0.1, 0.15) is 17.5 Å². The lowest BCUT2D eigenvalue weighted by Crippen LogP contribution is -2.17. The van der Waals surface area contributed by atoms with Crippen molar-refractivity contribution in [1.82, 2.24) is 9.97 Å². The van der Waals surface area contributed by atoms with Crippen molar-refractivity contribution in [2.45, 2.75) is 13.3 Å². The van der Waals surface area contributed by atoms with E-state index in [4.69, 9.17) is 0 Å². The van der Waals surface area contributed by atoms with E-state index < -0.39 is 11.7 Å². The van der Waals surface area contributed by atoms with Crippen molar-refractivity contribution < 1.29 is 9.18 Å². The van der Waals surface area contributed by atoms with Crippen LogP contribution in [0.3, 0.4) is 0 Å². The average Bonchev–Trinajstić information content (AvgIpc) is 2.47. The van der Waals surface area contributed by atoms with Gasteiger partial charge in [-0.25, -0.2) is 14.4 Å². The summed E-state index contributed by atoms with van der Waals surface area (Å²) >= 11 is 0. The van der Waals surface area contributed by atoms with E-state index in [2.05, 4.69) is 20.6 Å². The van der Waals surface area contributed by atoms with Crippen molar-refractivity contribution in [2.24, 2.45) is 0 Å². The van der Waals surface area contributed by atoms with Gasteiger partial charge in [-0.05, 0) is 24.6 Å². The van der Waals surface area contributed by atoms with Crippen LogP contribution in [0.1, 0.15) is 23.7 Å². The fourth-order valence-corrected chi connectivity index (χ4v) is 1.62. The third kappa shape index (κ3) is 3.50. The Bertz CT molecular complexity index is 589. The van der Waals surface area contributed by atoms with Crippen molar-refractivity contribution in [3.8, 4) is 0 Å². The Kier molecular flexibility index (Phi) is 4.60. The van der Waals surface area contributed by atoms with Crippen molar-refractivity contribution >= 4 is 17.5 Å². The molecule has 0 fully saturated rings. The SMILES string of the molecule is CCCNc1ncc(F)cc1C(=O)Nc1ccccn1. The molecule has 2 aromatic rings. The van der Waals surface area contributed by atoms with Crippen LogP contribution in [0.4, 0.5) is 16.0 Å². The average molecular weight is 274 g/mol. The Labute approximate surface area is 116 Å². The quantitative estimate of drug-likeness (QED) is 0.879. The fraction of sp³-hybridized carbons (Fsp3) is 0.214. The molecule has 0 aliphatic carbocycles. The van der Waals surface area contributed by atoms with Gasteiger partial charge in [-0.1, -0.05) is 13.0 Å². The molecule has 6 heteroatoms. The number of nitrogens with zero attached hydrogens (tertiary/aromatic N) is 2. The van der Waals surface area contributed by atoms with E-state index in [0.29, 0.717) is 18.2 Å². The minimum Gasteiger partial charge on any atom is -0.369 e. The number of pyridine rings is 2. The number of aromatic nitrogens is 2. The van der Waals surface area contributed by atoms with Gasteiger partial charge in [-0.15, -0.1) is 0 Å². The lowest BCUT2D eigenvalue weighted by molar-refractivity contribution is 0.102. The van der Waals surface area contributed by atoms with Crippen LogP contribution in [0.15, 0.2) is 36.7 Å². The zero-order valence-corrected chi connectivity index (χ0v) is 11.1. The second kappa shape index (κ2) is 6.60. The summed E-state index contributed by atoms with van der Waals surface area (Å²) in [6.45, 7) is 2.65. The summed E-state index contributed by atoms with van der Waals surface area (Å²) in [6.07, 6.45) is 3.52. The van der Waals surface area contributed by atoms with Crippen LogP contribution >= 0.6 is 0 Å². The highest BCUT2D eigenvalue weighted by Crippen LogP contribution is 2.15. The zero-order valence-electron chi connectivity index (χ0n) is 11.1. The van der Waals surface area contributed by atoms with Crippen molar-refractivity contribution in [2.75, 3.05) is 17.2 Å². The molecule has 0 radical (unpaired) electrons. The van der Waals surface area contributed by atoms with Gasteiger partial charge >= 0.3 is 0 Å². The topological polar surface area (TPSA) is 66.9 Å². The van der Waals surface area contributed by atoms with Gasteiger partial charge in [-0.2, -0.15) is 0 Å². The molecule has 0 atom stereocenters. The van der Waals surface area contributed by atoms with Crippen LogP contribution < -0.4 is 10.6 Å². The molecule has 0 saturated heterocycles. The fourth-order valence-electron chi connectivity index (χ4n) is 1.62. The third-order valence-corrected chi connectivity index (χ3v) is 2.55. The predicted molar refractivity (Wildman–Crippen MR) is 75.2 cm³/mol. The number of amides is 1. The Morgan fingerprint density at radius 1 is 1.35 bits per heavy atom. The highest BCUT2D eigenvalue weighted by atomic mass is 19.1. The predicted octanol–water partition coefficient (Wildman–Crippen LogP) is 2.69. The largest absolute Gasteiger partial charge is 0.369 e. The molecule has 0 aromatic carbocycles. The number of anilines is 2. The molecule has 0 saturated carbocycles. The van der Waals surface area contributed by atoms with Crippen molar-refractivity contribution in [1.29, 1.82) is 0 Å². The van der Waals surface area contributed by atoms with E-state index in [0.717, 1.165) is 18.7 Å². The van der Waals surface area contributed by atoms with Crippen molar-refractivity contribution in [3.05, 3.63) is 48.0 Å². The van der Waals surface area contributed by atoms with Crippen LogP contribution in [-0.2, 0) is 0 Å². The van der Waals surface area contributed by atoms with E-state index in [1.165, 1.54) is 0 Å². The molecule has 104 valence electrons. The van der Waals surface area contributed by atoms with Gasteiger partial charge in [0.2, 0.25) is 0 Å². The number of nitrogens with one attached hydrogen (secondary N) is 2. The minimum absolute atomic E-state index is 0.157. The first-order valence-corrected chi connectivity index (χ1v) is 6.32. The first-order valence-electron chi connectivity index (χ1n) is 6.32. The van der Waals surface area contributed by atoms with Gasteiger partial charge in [0.25, 0.3) is 5.91 Å². The molecule has 0 unspecified atom stereocenters. The van der Waals surface area contributed by atoms with E-state index in [9.17, 15) is 9.18 Å². The number of rotatable bonds is 5. The Morgan fingerprint density at radius 3 is 2.90 bits per heavy atom. The van der Waals surface area contributed by atoms with E-state index in [1.54, 1.807) is 24.4 Å². The van der Waals surface area contributed by atoms with Gasteiger partial charge in [0.15, 0.2) is 0 Å². The minimum atomic E-state index is -0.557. The van der Waals surface area contributed by atoms with Gasteiger partial charge in [0.05, 0.1) is 11.8 Å². The van der Waals surface area contributed by atoms with Crippen LogP contribution in [-0.4, -0.2) is 22.4 Å². The third-order valence-electron chi connectivity index (χ3n) is 2.55. The standard InChI is InChI=1S/C14H15FN4O/c1-2-6-17-13-11(8-10(15)9-18-13)14(20)19-12-5-3-4-7-16-12/h3-5,7-9H,2,6H2,1H3,(H,17,18)(H,16,19,20). The highest BCUT2D eigenvalue weighted by molar-refractivity contribution is 6.07. The molecule has 2 aromatic heterocycles. The van der Waals surface area contributed by atoms with Gasteiger partial charge in [0, 0.05) is 12.7 Å². The lowest BCUT2D eigenvalue weighted by atomic mass is 10.2. The first-order chi connectivity index (χ1) is 9.70. The van der Waals surface area contributed by atoms with E-state index in [-0.39, 0.29) is 5.56 Å². The summed E-state index contributed by atoms with van der Waals surface area (Å²) in [5.74, 6) is -0.239. The zero-order chi connectivity index (χ0) is 14.4. The van der Waals surface area contributed by atoms with Gasteiger partial charge < -0.3 is 10.6 Å². The summed E-state index contributed by atoms with van der Waals surface area (Å²) in [6, 6.07) is 6.31. The Hall–Kier alpha value is -2.50. The molecule has 2 heterocycles. The van der Waals surface area contributed by atoms with Crippen LogP contribution in [0.25, 0.3) is 0 Å². The van der Waals surface area contributed by atoms with Crippen molar-refractivity contribution in [3.63, 3.8) is 0 Å². The number of hydrogen-bond acceptors (Lipinski definition) is 4. The van der Waals surface area contributed by atoms with Gasteiger partial charge in [-0.3, -0.25) is 4.79 Å². The lowest BCUT2D eigenvalue weighted by Gasteiger charge is -2.10. The molecule has 0 aliphatic rings. The molecular formula is C14H15FN4O. The monoisotopic (exact) mass is 274 g/mol. The first kappa shape index (κ1) is 13.9. The number of hydrogen-bond donors (Lipinski definition) is 2. The summed E-state index contributed by atoms with van der Waals surface area (Å²) < 4.78 is 13.3. The Balaban J connectivity index is 2.21. The summed E-state index contributed by atoms with van der Waals surface area (Å²) in [5.41, 5.74) is 0.157. The number of halogens is 1. The van der Waals surface area contributed by atoms with Crippen LogP contribution in [0.2, 0.25) is 0 Å². The normalized spacial score (nSPS) is 10.1. The molecule has 2 rings (SSSR count). The van der Waals surface area contributed by atoms with E-state index in [1.807, 2.05) is 6.92 Å². The summed E-state index contributed by atoms with van der Waals surface area (Å²) in [5, 5.41) is 5.60. The molecule has 2 N–H and O–H groups in total. The maximum atomic E-state index is 13.3. The maximum Gasteiger partial charge on any atom is 0.260 e. The number of carbonyl (C=O) groups is 1. The molecule has 5 nitrogen and oxygen atoms in total. The molecule has 1 amide bonds. The molecule has 0 aliphatic heterocycles. The highest BCUT2D eigenvalue weighted by Gasteiger charge is 2.14. The van der Waals surface area contributed by atoms with Crippen LogP contribution in [0.5, 0.6) is 0 Å². The molecule has 20 heavy (non-hydrogen) atoms. The maximum absolute atomic E-state index is 13.3. The molecular weight excluding hydrogens is 259 g/mol. The molecule has 0 bridgehead atoms. The summed E-state index contributed by atoms with van der Waals surface area (Å²) in [7, 11) is 0. The van der Waals surface area contributed by atoms with E-state index >= 15 is 0 Å².